The first-order valence-electron chi connectivity index (χ1n) is 10.1. The Morgan fingerprint density at radius 2 is 1.50 bits per heavy atom. The Labute approximate surface area is 158 Å². The van der Waals surface area contributed by atoms with Gasteiger partial charge >= 0.3 is 0 Å². The zero-order valence-electron chi connectivity index (χ0n) is 16.9. The summed E-state index contributed by atoms with van der Waals surface area (Å²) in [6.07, 6.45) is 10.5. The fraction of sp³-hybridized carbons (Fsp3) is 0.619. The zero-order valence-corrected chi connectivity index (χ0v) is 17.8. The van der Waals surface area contributed by atoms with Crippen LogP contribution in [0.1, 0.15) is 66.2 Å². The fourth-order valence-electron chi connectivity index (χ4n) is 3.74. The number of carbonyl (C=O) groups excluding carboxylic acids is 1. The third-order valence-electron chi connectivity index (χ3n) is 5.14. The second kappa shape index (κ2) is 10.1. The molecule has 0 aliphatic heterocycles. The Hall–Kier alpha value is -1.41. The minimum Gasteiger partial charge on any atom is -0.293 e. The van der Waals surface area contributed by atoms with Gasteiger partial charge in [0.2, 0.25) is 0 Å². The number of Topliss-reactive ketones (excluding diaryl/α,β-unsaturated/α-hetero) is 1. The number of fused-ring (bicyclic) bond motifs is 1. The van der Waals surface area contributed by atoms with Crippen LogP contribution >= 0.6 is 6.89 Å². The minimum atomic E-state index is -1.58. The normalized spacial score (nSPS) is 11.8. The van der Waals surface area contributed by atoms with Gasteiger partial charge in [-0.05, 0) is 49.9 Å². The Morgan fingerprint density at radius 1 is 0.962 bits per heavy atom. The topological polar surface area (TPSA) is 47.8 Å². The molecule has 0 aliphatic carbocycles. The molecule has 0 fully saturated rings. The van der Waals surface area contributed by atoms with E-state index in [9.17, 15) is 4.79 Å². The van der Waals surface area contributed by atoms with Crippen molar-refractivity contribution >= 4 is 29.1 Å². The van der Waals surface area contributed by atoms with Crippen LogP contribution in [0.15, 0.2) is 24.3 Å². The summed E-state index contributed by atoms with van der Waals surface area (Å²) in [7, 11) is 0. The van der Waals surface area contributed by atoms with E-state index in [4.69, 9.17) is 0 Å². The van der Waals surface area contributed by atoms with E-state index in [1.54, 1.807) is 6.92 Å². The van der Waals surface area contributed by atoms with E-state index in [0.717, 1.165) is 34.9 Å². The molecular formula is C21H34N3OP. The lowest BCUT2D eigenvalue weighted by molar-refractivity contribution is -0.111. The SMILES string of the molecule is CCCCP(CCCC)(CCCC)=C(C(C)=O)n1nnc2ccccc21. The van der Waals surface area contributed by atoms with Crippen LogP contribution in [0.5, 0.6) is 0 Å². The first-order valence-corrected chi connectivity index (χ1v) is 12.5. The van der Waals surface area contributed by atoms with Crippen molar-refractivity contribution in [2.45, 2.75) is 66.2 Å². The number of nitrogens with zero attached hydrogens (tertiary/aromatic N) is 3. The second-order valence-corrected chi connectivity index (χ2v) is 11.3. The molecule has 4 nitrogen and oxygen atoms in total. The summed E-state index contributed by atoms with van der Waals surface area (Å²) in [5.41, 5.74) is 2.79. The average Bonchev–Trinajstić information content (AvgIpc) is 3.06. The van der Waals surface area contributed by atoms with Gasteiger partial charge in [-0.25, -0.2) is 4.68 Å². The molecule has 0 amide bonds. The summed E-state index contributed by atoms with van der Waals surface area (Å²) in [6.45, 7) is 6.88. The summed E-state index contributed by atoms with van der Waals surface area (Å²) in [6, 6.07) is 7.99. The molecule has 26 heavy (non-hydrogen) atoms. The maximum absolute atomic E-state index is 12.9. The number of hydrogen-bond donors (Lipinski definition) is 0. The quantitative estimate of drug-likeness (QED) is 0.493. The van der Waals surface area contributed by atoms with Crippen LogP contribution < -0.4 is 0 Å². The van der Waals surface area contributed by atoms with Crippen molar-refractivity contribution in [2.24, 2.45) is 0 Å². The highest BCUT2D eigenvalue weighted by Crippen LogP contribution is 2.52. The summed E-state index contributed by atoms with van der Waals surface area (Å²) < 4.78 is 1.90. The molecule has 5 heteroatoms. The van der Waals surface area contributed by atoms with E-state index < -0.39 is 6.89 Å². The van der Waals surface area contributed by atoms with Gasteiger partial charge in [0.25, 0.3) is 0 Å². The Bertz CT molecular complexity index is 750. The molecule has 144 valence electrons. The van der Waals surface area contributed by atoms with Crippen molar-refractivity contribution in [3.63, 3.8) is 0 Å². The summed E-state index contributed by atoms with van der Waals surface area (Å²) in [4.78, 5) is 12.9. The monoisotopic (exact) mass is 375 g/mol. The average molecular weight is 375 g/mol. The van der Waals surface area contributed by atoms with Crippen molar-refractivity contribution in [1.29, 1.82) is 0 Å². The molecule has 1 aromatic carbocycles. The minimum absolute atomic E-state index is 0.178. The second-order valence-electron chi connectivity index (χ2n) is 7.25. The van der Waals surface area contributed by atoms with Gasteiger partial charge in [-0.3, -0.25) is 4.79 Å². The van der Waals surface area contributed by atoms with Crippen LogP contribution in [0, 0.1) is 0 Å². The molecule has 0 aliphatic rings. The lowest BCUT2D eigenvalue weighted by Crippen LogP contribution is -2.27. The van der Waals surface area contributed by atoms with Crippen molar-refractivity contribution in [1.82, 2.24) is 15.0 Å². The number of rotatable bonds is 11. The first-order chi connectivity index (χ1) is 12.6. The molecule has 1 aromatic heterocycles. The van der Waals surface area contributed by atoms with Crippen molar-refractivity contribution in [2.75, 3.05) is 18.5 Å². The van der Waals surface area contributed by atoms with Crippen LogP contribution in [-0.4, -0.2) is 44.7 Å². The molecule has 0 saturated carbocycles. The number of hydrogen-bond acceptors (Lipinski definition) is 3. The fourth-order valence-corrected chi connectivity index (χ4v) is 9.03. The molecule has 0 bridgehead atoms. The van der Waals surface area contributed by atoms with Crippen molar-refractivity contribution < 1.29 is 4.79 Å². The molecule has 2 aromatic rings. The summed E-state index contributed by atoms with van der Waals surface area (Å²) in [5.74, 6) is 0.178. The zero-order chi connectivity index (χ0) is 19.0. The standard InChI is InChI=1S/C21H34N3OP/c1-5-8-15-26(16-9-6-2,17-10-7-3)21(18(4)25)24-20-14-12-11-13-19(20)22-23-24/h11-14H,5-10,15-17H2,1-4H3. The van der Waals surface area contributed by atoms with E-state index in [1.807, 2.05) is 28.9 Å². The summed E-state index contributed by atoms with van der Waals surface area (Å²) >= 11 is 0. The largest absolute Gasteiger partial charge is 0.293 e. The molecule has 0 spiro atoms. The van der Waals surface area contributed by atoms with Gasteiger partial charge in [-0.2, -0.15) is 0 Å². The number of ketones is 1. The number of aromatic nitrogens is 3. The number of benzene rings is 1. The third-order valence-corrected chi connectivity index (χ3v) is 10.1. The molecule has 0 saturated heterocycles. The van der Waals surface area contributed by atoms with Gasteiger partial charge in [0, 0.05) is 6.92 Å². The smallest absolute Gasteiger partial charge is 0.178 e. The maximum atomic E-state index is 12.9. The molecule has 0 radical (unpaired) electrons. The van der Waals surface area contributed by atoms with Gasteiger partial charge in [0.1, 0.15) is 10.9 Å². The molecule has 1 heterocycles. The lowest BCUT2D eigenvalue weighted by atomic mass is 10.3. The van der Waals surface area contributed by atoms with Gasteiger partial charge in [-0.1, -0.05) is 64.3 Å². The Balaban J connectivity index is 2.74. The van der Waals surface area contributed by atoms with Crippen molar-refractivity contribution in [3.8, 4) is 0 Å². The van der Waals surface area contributed by atoms with Crippen molar-refractivity contribution in [3.05, 3.63) is 24.3 Å². The van der Waals surface area contributed by atoms with E-state index in [2.05, 4.69) is 31.1 Å². The van der Waals surface area contributed by atoms with Gasteiger partial charge < -0.3 is 0 Å². The van der Waals surface area contributed by atoms with E-state index in [0.29, 0.717) is 0 Å². The predicted molar refractivity (Wildman–Crippen MR) is 115 cm³/mol. The van der Waals surface area contributed by atoms with E-state index >= 15 is 0 Å². The van der Waals surface area contributed by atoms with Crippen LogP contribution in [0.4, 0.5) is 0 Å². The number of carbonyl (C=O) groups is 1. The highest BCUT2D eigenvalue weighted by atomic mass is 31.2. The lowest BCUT2D eigenvalue weighted by Gasteiger charge is -2.30. The Kier molecular flexibility index (Phi) is 8.09. The van der Waals surface area contributed by atoms with Gasteiger partial charge in [0.15, 0.2) is 5.78 Å². The first kappa shape index (κ1) is 20.9. The van der Waals surface area contributed by atoms with E-state index in [1.165, 1.54) is 38.5 Å². The van der Waals surface area contributed by atoms with Gasteiger partial charge in [0.05, 0.1) is 5.52 Å². The molecular weight excluding hydrogens is 341 g/mol. The molecule has 0 N–H and O–H groups in total. The van der Waals surface area contributed by atoms with E-state index in [-0.39, 0.29) is 5.78 Å². The highest BCUT2D eigenvalue weighted by molar-refractivity contribution is 7.77. The third kappa shape index (κ3) is 4.65. The van der Waals surface area contributed by atoms with Crippen LogP contribution in [0.3, 0.4) is 0 Å². The molecule has 0 unspecified atom stereocenters. The highest BCUT2D eigenvalue weighted by Gasteiger charge is 2.28. The molecule has 0 atom stereocenters. The predicted octanol–water partition coefficient (Wildman–Crippen LogP) is 5.42. The number of unbranched alkanes of at least 4 members (excludes halogenated alkanes) is 3. The maximum Gasteiger partial charge on any atom is 0.178 e. The molecule has 2 rings (SSSR count). The Morgan fingerprint density at radius 3 is 2.00 bits per heavy atom. The number of para-hydroxylation sites is 1. The van der Waals surface area contributed by atoms with Crippen LogP contribution in [-0.2, 0) is 4.79 Å². The summed E-state index contributed by atoms with van der Waals surface area (Å²) in [5, 5.41) is 8.78. The van der Waals surface area contributed by atoms with Crippen LogP contribution in [0.2, 0.25) is 0 Å². The van der Waals surface area contributed by atoms with Crippen LogP contribution in [0.25, 0.3) is 11.0 Å². The van der Waals surface area contributed by atoms with Gasteiger partial charge in [-0.15, -0.1) is 5.10 Å².